The smallest absolute Gasteiger partial charge is 0.319 e. The minimum Gasteiger partial charge on any atom is -0.339 e. The van der Waals surface area contributed by atoms with Crippen molar-refractivity contribution in [3.63, 3.8) is 0 Å². The van der Waals surface area contributed by atoms with E-state index in [9.17, 15) is 14.0 Å². The van der Waals surface area contributed by atoms with E-state index in [1.54, 1.807) is 4.90 Å². The van der Waals surface area contributed by atoms with Gasteiger partial charge in [0, 0.05) is 24.8 Å². The summed E-state index contributed by atoms with van der Waals surface area (Å²) in [6.07, 6.45) is 1.15. The molecule has 0 aromatic heterocycles. The highest BCUT2D eigenvalue weighted by Gasteiger charge is 2.30. The topological polar surface area (TPSA) is 87.5 Å². The summed E-state index contributed by atoms with van der Waals surface area (Å²) >= 11 is 0. The standard InChI is InChI=1S/C20H23FN4O2/c21-15-6-8-16(9-7-15)23-20(27)24-17-10-11-25(13-17)19(26)18(22)12-14-4-2-1-3-5-14/h1-9,17-18H,10-13,22H2,(H2,23,24,27)/t17?,18-/m0/s1. The number of nitrogens with zero attached hydrogens (tertiary/aromatic N) is 1. The molecule has 1 aliphatic heterocycles. The van der Waals surface area contributed by atoms with E-state index in [0.717, 1.165) is 5.56 Å². The molecule has 1 fully saturated rings. The molecule has 3 rings (SSSR count). The summed E-state index contributed by atoms with van der Waals surface area (Å²) in [5, 5.41) is 5.49. The first-order chi connectivity index (χ1) is 13.0. The van der Waals surface area contributed by atoms with Gasteiger partial charge in [-0.1, -0.05) is 30.3 Å². The molecule has 27 heavy (non-hydrogen) atoms. The van der Waals surface area contributed by atoms with E-state index in [-0.39, 0.29) is 23.8 Å². The van der Waals surface area contributed by atoms with Crippen LogP contribution in [0.4, 0.5) is 14.9 Å². The molecule has 0 saturated carbocycles. The number of nitrogens with one attached hydrogen (secondary N) is 2. The maximum Gasteiger partial charge on any atom is 0.319 e. The van der Waals surface area contributed by atoms with Crippen molar-refractivity contribution >= 4 is 17.6 Å². The third-order valence-corrected chi connectivity index (χ3v) is 4.55. The predicted molar refractivity (Wildman–Crippen MR) is 102 cm³/mol. The molecule has 1 aliphatic rings. The van der Waals surface area contributed by atoms with Crippen LogP contribution in [0.3, 0.4) is 0 Å². The molecule has 1 heterocycles. The monoisotopic (exact) mass is 370 g/mol. The average molecular weight is 370 g/mol. The van der Waals surface area contributed by atoms with Crippen LogP contribution in [0.1, 0.15) is 12.0 Å². The number of halogens is 1. The minimum atomic E-state index is -0.598. The van der Waals surface area contributed by atoms with Crippen molar-refractivity contribution in [1.29, 1.82) is 0 Å². The summed E-state index contributed by atoms with van der Waals surface area (Å²) in [5.74, 6) is -0.472. The largest absolute Gasteiger partial charge is 0.339 e. The number of hydrogen-bond acceptors (Lipinski definition) is 3. The number of nitrogens with two attached hydrogens (primary N) is 1. The van der Waals surface area contributed by atoms with Crippen LogP contribution in [-0.2, 0) is 11.2 Å². The second kappa shape index (κ2) is 8.64. The Balaban J connectivity index is 1.46. The zero-order chi connectivity index (χ0) is 19.2. The molecule has 2 atom stereocenters. The molecule has 3 amide bonds. The maximum atomic E-state index is 12.9. The van der Waals surface area contributed by atoms with Gasteiger partial charge in [0.25, 0.3) is 0 Å². The van der Waals surface area contributed by atoms with Gasteiger partial charge in [-0.2, -0.15) is 0 Å². The van der Waals surface area contributed by atoms with Crippen LogP contribution in [0, 0.1) is 5.82 Å². The van der Waals surface area contributed by atoms with Crippen molar-refractivity contribution in [2.75, 3.05) is 18.4 Å². The third-order valence-electron chi connectivity index (χ3n) is 4.55. The number of amides is 3. The van der Waals surface area contributed by atoms with Crippen LogP contribution in [-0.4, -0.2) is 42.0 Å². The molecule has 0 spiro atoms. The van der Waals surface area contributed by atoms with E-state index in [4.69, 9.17) is 5.73 Å². The Morgan fingerprint density at radius 1 is 1.15 bits per heavy atom. The maximum absolute atomic E-state index is 12.9. The number of rotatable bonds is 5. The Kier molecular flexibility index (Phi) is 6.03. The van der Waals surface area contributed by atoms with Crippen LogP contribution in [0.25, 0.3) is 0 Å². The van der Waals surface area contributed by atoms with Gasteiger partial charge in [-0.3, -0.25) is 4.79 Å². The second-order valence-electron chi connectivity index (χ2n) is 6.67. The van der Waals surface area contributed by atoms with Gasteiger partial charge in [0.15, 0.2) is 0 Å². The first kappa shape index (κ1) is 18.8. The first-order valence-electron chi connectivity index (χ1n) is 8.92. The Morgan fingerprint density at radius 3 is 2.56 bits per heavy atom. The molecule has 0 bridgehead atoms. The Hall–Kier alpha value is -2.93. The summed E-state index contributed by atoms with van der Waals surface area (Å²) in [5.41, 5.74) is 7.59. The number of benzene rings is 2. The lowest BCUT2D eigenvalue weighted by atomic mass is 10.1. The molecule has 0 aliphatic carbocycles. The lowest BCUT2D eigenvalue weighted by molar-refractivity contribution is -0.131. The van der Waals surface area contributed by atoms with E-state index >= 15 is 0 Å². The average Bonchev–Trinajstić information content (AvgIpc) is 3.12. The number of anilines is 1. The van der Waals surface area contributed by atoms with Gasteiger partial charge < -0.3 is 21.3 Å². The first-order valence-corrected chi connectivity index (χ1v) is 8.92. The molecule has 2 aromatic rings. The SMILES string of the molecule is N[C@@H](Cc1ccccc1)C(=O)N1CCC(NC(=O)Nc2ccc(F)cc2)C1. The summed E-state index contributed by atoms with van der Waals surface area (Å²) in [6, 6.07) is 14.1. The van der Waals surface area contributed by atoms with E-state index < -0.39 is 6.04 Å². The van der Waals surface area contributed by atoms with E-state index in [1.807, 2.05) is 30.3 Å². The molecule has 142 valence electrons. The lowest BCUT2D eigenvalue weighted by Crippen LogP contribution is -2.46. The second-order valence-corrected chi connectivity index (χ2v) is 6.67. The Morgan fingerprint density at radius 2 is 1.85 bits per heavy atom. The van der Waals surface area contributed by atoms with Crippen LogP contribution in [0.5, 0.6) is 0 Å². The van der Waals surface area contributed by atoms with Gasteiger partial charge >= 0.3 is 6.03 Å². The molecule has 6 nitrogen and oxygen atoms in total. The Labute approximate surface area is 157 Å². The van der Waals surface area contributed by atoms with Crippen molar-refractivity contribution < 1.29 is 14.0 Å². The zero-order valence-electron chi connectivity index (χ0n) is 14.9. The van der Waals surface area contributed by atoms with Gasteiger partial charge in [0.1, 0.15) is 5.82 Å². The van der Waals surface area contributed by atoms with E-state index in [1.165, 1.54) is 24.3 Å². The number of carbonyl (C=O) groups excluding carboxylic acids is 2. The lowest BCUT2D eigenvalue weighted by Gasteiger charge is -2.21. The van der Waals surface area contributed by atoms with Crippen molar-refractivity contribution in [2.45, 2.75) is 24.9 Å². The summed E-state index contributed by atoms with van der Waals surface area (Å²) in [7, 11) is 0. The third kappa shape index (κ3) is 5.27. The summed E-state index contributed by atoms with van der Waals surface area (Å²) in [4.78, 5) is 26.3. The molecule has 1 saturated heterocycles. The van der Waals surface area contributed by atoms with Crippen molar-refractivity contribution in [1.82, 2.24) is 10.2 Å². The number of likely N-dealkylation sites (tertiary alicyclic amines) is 1. The molecule has 4 N–H and O–H groups in total. The van der Waals surface area contributed by atoms with Gasteiger partial charge in [-0.15, -0.1) is 0 Å². The van der Waals surface area contributed by atoms with Crippen LogP contribution < -0.4 is 16.4 Å². The van der Waals surface area contributed by atoms with Crippen LogP contribution in [0.2, 0.25) is 0 Å². The summed E-state index contributed by atoms with van der Waals surface area (Å²) < 4.78 is 12.9. The molecule has 2 aromatic carbocycles. The number of hydrogen-bond donors (Lipinski definition) is 3. The molecule has 7 heteroatoms. The Bertz CT molecular complexity index is 782. The normalized spacial score (nSPS) is 17.4. The number of urea groups is 1. The van der Waals surface area contributed by atoms with E-state index in [0.29, 0.717) is 31.6 Å². The van der Waals surface area contributed by atoms with Crippen LogP contribution in [0.15, 0.2) is 54.6 Å². The highest BCUT2D eigenvalue weighted by atomic mass is 19.1. The van der Waals surface area contributed by atoms with Gasteiger partial charge in [0.05, 0.1) is 6.04 Å². The fraction of sp³-hybridized carbons (Fsp3) is 0.300. The highest BCUT2D eigenvalue weighted by Crippen LogP contribution is 2.13. The fourth-order valence-electron chi connectivity index (χ4n) is 3.15. The van der Waals surface area contributed by atoms with Gasteiger partial charge in [0.2, 0.25) is 5.91 Å². The predicted octanol–water partition coefficient (Wildman–Crippen LogP) is 2.12. The molecule has 0 radical (unpaired) electrons. The van der Waals surface area contributed by atoms with Crippen LogP contribution >= 0.6 is 0 Å². The molecule has 1 unspecified atom stereocenters. The quantitative estimate of drug-likeness (QED) is 0.753. The van der Waals surface area contributed by atoms with Gasteiger partial charge in [-0.05, 0) is 42.7 Å². The highest BCUT2D eigenvalue weighted by molar-refractivity contribution is 5.89. The van der Waals surface area contributed by atoms with Gasteiger partial charge in [-0.25, -0.2) is 9.18 Å². The van der Waals surface area contributed by atoms with Crippen molar-refractivity contribution in [3.05, 3.63) is 66.0 Å². The zero-order valence-corrected chi connectivity index (χ0v) is 14.9. The van der Waals surface area contributed by atoms with E-state index in [2.05, 4.69) is 10.6 Å². The summed E-state index contributed by atoms with van der Waals surface area (Å²) in [6.45, 7) is 0.987. The minimum absolute atomic E-state index is 0.109. The van der Waals surface area contributed by atoms with Crippen molar-refractivity contribution in [3.8, 4) is 0 Å². The fourth-order valence-corrected chi connectivity index (χ4v) is 3.15. The molecular formula is C20H23FN4O2. The van der Waals surface area contributed by atoms with Crippen molar-refractivity contribution in [2.24, 2.45) is 5.73 Å². The number of carbonyl (C=O) groups is 2. The molecular weight excluding hydrogens is 347 g/mol.